The van der Waals surface area contributed by atoms with E-state index in [4.69, 9.17) is 4.74 Å². The van der Waals surface area contributed by atoms with E-state index in [1.165, 1.54) is 4.88 Å². The van der Waals surface area contributed by atoms with Gasteiger partial charge in [0.1, 0.15) is 11.1 Å². The molecule has 1 rings (SSSR count). The molecule has 0 aliphatic heterocycles. The lowest BCUT2D eigenvalue weighted by atomic mass is 9.89. The minimum Gasteiger partial charge on any atom is -0.374 e. The number of hydrogen-bond donors (Lipinski definition) is 1. The third-order valence-electron chi connectivity index (χ3n) is 2.92. The zero-order valence-corrected chi connectivity index (χ0v) is 12.7. The second-order valence-electron chi connectivity index (χ2n) is 5.49. The quantitative estimate of drug-likeness (QED) is 0.895. The number of nitrogens with zero attached hydrogens (tertiary/aromatic N) is 1. The van der Waals surface area contributed by atoms with E-state index in [0.717, 1.165) is 10.7 Å². The maximum Gasteiger partial charge on any atom is 0.123 e. The van der Waals surface area contributed by atoms with E-state index in [-0.39, 0.29) is 11.5 Å². The van der Waals surface area contributed by atoms with Crippen molar-refractivity contribution in [3.8, 4) is 0 Å². The standard InChI is InChI=1S/C13H24N2OS/c1-8(14-6)10-9(2)15-12(17-10)11(16-7)13(3,4)5/h8,11,14H,1-7H3. The Labute approximate surface area is 109 Å². The Bertz CT molecular complexity index is 368. The largest absolute Gasteiger partial charge is 0.374 e. The summed E-state index contributed by atoms with van der Waals surface area (Å²) < 4.78 is 5.61. The van der Waals surface area contributed by atoms with Crippen molar-refractivity contribution in [1.82, 2.24) is 10.3 Å². The van der Waals surface area contributed by atoms with Gasteiger partial charge in [-0.2, -0.15) is 0 Å². The lowest BCUT2D eigenvalue weighted by Gasteiger charge is -2.27. The molecule has 17 heavy (non-hydrogen) atoms. The Kier molecular flexibility index (Phi) is 4.69. The Morgan fingerprint density at radius 2 is 1.94 bits per heavy atom. The van der Waals surface area contributed by atoms with Crippen LogP contribution in [0.15, 0.2) is 0 Å². The topological polar surface area (TPSA) is 34.1 Å². The minimum atomic E-state index is 0.0593. The molecule has 0 spiro atoms. The first-order valence-electron chi connectivity index (χ1n) is 5.98. The van der Waals surface area contributed by atoms with Gasteiger partial charge in [-0.3, -0.25) is 0 Å². The number of methoxy groups -OCH3 is 1. The van der Waals surface area contributed by atoms with Crippen molar-refractivity contribution >= 4 is 11.3 Å². The summed E-state index contributed by atoms with van der Waals surface area (Å²) in [5, 5.41) is 4.34. The highest BCUT2D eigenvalue weighted by molar-refractivity contribution is 7.11. The Morgan fingerprint density at radius 3 is 2.35 bits per heavy atom. The van der Waals surface area contributed by atoms with Gasteiger partial charge in [0.25, 0.3) is 0 Å². The molecule has 0 amide bonds. The van der Waals surface area contributed by atoms with E-state index in [9.17, 15) is 0 Å². The molecule has 2 atom stereocenters. The van der Waals surface area contributed by atoms with Crippen molar-refractivity contribution in [2.45, 2.75) is 46.8 Å². The van der Waals surface area contributed by atoms with E-state index in [0.29, 0.717) is 6.04 Å². The SMILES string of the molecule is CNC(C)c1sc(C(OC)C(C)(C)C)nc1C. The van der Waals surface area contributed by atoms with Gasteiger partial charge < -0.3 is 10.1 Å². The number of nitrogens with one attached hydrogen (secondary N) is 1. The molecule has 0 fully saturated rings. The highest BCUT2D eigenvalue weighted by atomic mass is 32.1. The molecule has 2 unspecified atom stereocenters. The summed E-state index contributed by atoms with van der Waals surface area (Å²) in [6.45, 7) is 10.8. The third kappa shape index (κ3) is 3.27. The fraction of sp³-hybridized carbons (Fsp3) is 0.769. The number of thiazole rings is 1. The molecule has 0 saturated heterocycles. The van der Waals surface area contributed by atoms with Crippen LogP contribution in [0.25, 0.3) is 0 Å². The fourth-order valence-corrected chi connectivity index (χ4v) is 3.35. The van der Waals surface area contributed by atoms with Gasteiger partial charge in [0.15, 0.2) is 0 Å². The normalized spacial score (nSPS) is 15.9. The first-order valence-corrected chi connectivity index (χ1v) is 6.80. The Hall–Kier alpha value is -0.450. The summed E-state index contributed by atoms with van der Waals surface area (Å²) in [7, 11) is 3.73. The predicted molar refractivity (Wildman–Crippen MR) is 73.5 cm³/mol. The van der Waals surface area contributed by atoms with Gasteiger partial charge in [-0.1, -0.05) is 20.8 Å². The van der Waals surface area contributed by atoms with Crippen molar-refractivity contribution in [2.24, 2.45) is 5.41 Å². The van der Waals surface area contributed by atoms with Crippen molar-refractivity contribution in [2.75, 3.05) is 14.2 Å². The van der Waals surface area contributed by atoms with Crippen LogP contribution in [-0.4, -0.2) is 19.1 Å². The second-order valence-corrected chi connectivity index (χ2v) is 6.56. The summed E-state index contributed by atoms with van der Waals surface area (Å²) in [5.41, 5.74) is 1.18. The molecule has 1 N–H and O–H groups in total. The van der Waals surface area contributed by atoms with Gasteiger partial charge in [0.05, 0.1) is 5.69 Å². The van der Waals surface area contributed by atoms with E-state index in [1.54, 1.807) is 18.4 Å². The zero-order valence-electron chi connectivity index (χ0n) is 11.9. The van der Waals surface area contributed by atoms with Gasteiger partial charge >= 0.3 is 0 Å². The average molecular weight is 256 g/mol. The monoisotopic (exact) mass is 256 g/mol. The molecule has 4 heteroatoms. The van der Waals surface area contributed by atoms with E-state index >= 15 is 0 Å². The van der Waals surface area contributed by atoms with Crippen molar-refractivity contribution < 1.29 is 4.74 Å². The first kappa shape index (κ1) is 14.6. The molecule has 3 nitrogen and oxygen atoms in total. The van der Waals surface area contributed by atoms with Gasteiger partial charge in [-0.05, 0) is 26.3 Å². The predicted octanol–water partition coefficient (Wildman–Crippen LogP) is 3.47. The summed E-state index contributed by atoms with van der Waals surface area (Å²) in [6.07, 6.45) is 0.0593. The molecular formula is C13H24N2OS. The number of aryl methyl sites for hydroxylation is 1. The van der Waals surface area contributed by atoms with Crippen LogP contribution in [0.1, 0.15) is 55.4 Å². The molecule has 0 radical (unpaired) electrons. The maximum atomic E-state index is 5.61. The minimum absolute atomic E-state index is 0.0593. The number of rotatable bonds is 4. The van der Waals surface area contributed by atoms with Crippen molar-refractivity contribution in [3.05, 3.63) is 15.6 Å². The molecule has 0 aliphatic carbocycles. The van der Waals surface area contributed by atoms with Crippen LogP contribution >= 0.6 is 11.3 Å². The van der Waals surface area contributed by atoms with Crippen LogP contribution in [0.3, 0.4) is 0 Å². The second kappa shape index (κ2) is 5.46. The highest BCUT2D eigenvalue weighted by Crippen LogP contribution is 2.39. The molecule has 98 valence electrons. The highest BCUT2D eigenvalue weighted by Gasteiger charge is 2.30. The molecule has 1 aromatic heterocycles. The summed E-state index contributed by atoms with van der Waals surface area (Å²) in [5.74, 6) is 0. The first-order chi connectivity index (χ1) is 7.81. The van der Waals surface area contributed by atoms with Crippen LogP contribution in [0.4, 0.5) is 0 Å². The van der Waals surface area contributed by atoms with Crippen LogP contribution < -0.4 is 5.32 Å². The van der Waals surface area contributed by atoms with Gasteiger partial charge in [-0.15, -0.1) is 11.3 Å². The van der Waals surface area contributed by atoms with E-state index < -0.39 is 0 Å². The lowest BCUT2D eigenvalue weighted by Crippen LogP contribution is -2.19. The Balaban J connectivity index is 3.07. The van der Waals surface area contributed by atoms with Crippen LogP contribution in [0.5, 0.6) is 0 Å². The molecule has 0 aromatic carbocycles. The summed E-state index contributed by atoms with van der Waals surface area (Å²) in [6, 6.07) is 0.346. The Morgan fingerprint density at radius 1 is 1.35 bits per heavy atom. The summed E-state index contributed by atoms with van der Waals surface area (Å²) in [4.78, 5) is 5.97. The zero-order chi connectivity index (χ0) is 13.2. The average Bonchev–Trinajstić information content (AvgIpc) is 2.58. The van der Waals surface area contributed by atoms with Gasteiger partial charge in [-0.25, -0.2) is 4.98 Å². The molecule has 1 heterocycles. The van der Waals surface area contributed by atoms with E-state index in [1.807, 2.05) is 7.05 Å². The summed E-state index contributed by atoms with van der Waals surface area (Å²) >= 11 is 1.75. The van der Waals surface area contributed by atoms with Crippen molar-refractivity contribution in [1.29, 1.82) is 0 Å². The molecule has 1 aromatic rings. The number of aromatic nitrogens is 1. The molecular weight excluding hydrogens is 232 g/mol. The molecule has 0 saturated carbocycles. The van der Waals surface area contributed by atoms with Crippen LogP contribution in [0.2, 0.25) is 0 Å². The van der Waals surface area contributed by atoms with Crippen LogP contribution in [0, 0.1) is 12.3 Å². The van der Waals surface area contributed by atoms with Gasteiger partial charge in [0, 0.05) is 18.0 Å². The smallest absolute Gasteiger partial charge is 0.123 e. The van der Waals surface area contributed by atoms with Gasteiger partial charge in [0.2, 0.25) is 0 Å². The molecule has 0 bridgehead atoms. The number of hydrogen-bond acceptors (Lipinski definition) is 4. The third-order valence-corrected chi connectivity index (χ3v) is 4.31. The lowest BCUT2D eigenvalue weighted by molar-refractivity contribution is 0.0150. The van der Waals surface area contributed by atoms with Crippen molar-refractivity contribution in [3.63, 3.8) is 0 Å². The number of ether oxygens (including phenoxy) is 1. The maximum absolute atomic E-state index is 5.61. The van der Waals surface area contributed by atoms with E-state index in [2.05, 4.69) is 44.9 Å². The molecule has 0 aliphatic rings. The van der Waals surface area contributed by atoms with Crippen LogP contribution in [-0.2, 0) is 4.74 Å². The fourth-order valence-electron chi connectivity index (χ4n) is 1.90.